The average Bonchev–Trinajstić information content (AvgIpc) is 3.03. The van der Waals surface area contributed by atoms with Crippen molar-refractivity contribution >= 4 is 44.0 Å². The summed E-state index contributed by atoms with van der Waals surface area (Å²) >= 11 is 4.84. The van der Waals surface area contributed by atoms with Gasteiger partial charge in [-0.3, -0.25) is 9.48 Å². The maximum absolute atomic E-state index is 12.3. The van der Waals surface area contributed by atoms with Crippen LogP contribution in [0.2, 0.25) is 0 Å². The van der Waals surface area contributed by atoms with Crippen LogP contribution in [-0.4, -0.2) is 15.6 Å². The van der Waals surface area contributed by atoms with E-state index in [0.29, 0.717) is 6.42 Å². The van der Waals surface area contributed by atoms with Crippen LogP contribution in [0.3, 0.4) is 0 Å². The molecule has 0 amide bonds. The Bertz CT molecular complexity index is 775. The second-order valence-corrected chi connectivity index (χ2v) is 6.34. The summed E-state index contributed by atoms with van der Waals surface area (Å²) in [7, 11) is 0. The second kappa shape index (κ2) is 5.50. The van der Waals surface area contributed by atoms with E-state index >= 15 is 0 Å². The first-order valence-electron chi connectivity index (χ1n) is 6.40. The Kier molecular flexibility index (Phi) is 3.72. The third kappa shape index (κ3) is 2.43. The summed E-state index contributed by atoms with van der Waals surface area (Å²) in [4.78, 5) is 13.1. The average molecular weight is 349 g/mol. The lowest BCUT2D eigenvalue weighted by Gasteiger charge is -1.95. The quantitative estimate of drug-likeness (QED) is 0.658. The number of hydrogen-bond acceptors (Lipinski definition) is 3. The summed E-state index contributed by atoms with van der Waals surface area (Å²) in [6.07, 6.45) is 0.348. The molecule has 0 spiro atoms. The molecule has 0 aliphatic carbocycles. The van der Waals surface area contributed by atoms with Gasteiger partial charge in [-0.05, 0) is 35.0 Å². The summed E-state index contributed by atoms with van der Waals surface area (Å²) in [5.74, 6) is 0.118. The highest BCUT2D eigenvalue weighted by Gasteiger charge is 2.15. The van der Waals surface area contributed by atoms with Crippen LogP contribution < -0.4 is 0 Å². The summed E-state index contributed by atoms with van der Waals surface area (Å²) < 4.78 is 2.90. The van der Waals surface area contributed by atoms with E-state index in [1.807, 2.05) is 40.4 Å². The van der Waals surface area contributed by atoms with Gasteiger partial charge in [0.15, 0.2) is 5.78 Å². The van der Waals surface area contributed by atoms with E-state index in [2.05, 4.69) is 28.0 Å². The minimum atomic E-state index is 0.118. The standard InChI is InChI=1S/C15H13BrN2OS/c1-2-18-13-6-4-3-5-11(13)12(17-18)8-14(19)15-7-10(16)9-20-15/h3-7,9H,2,8H2,1H3. The van der Waals surface area contributed by atoms with Gasteiger partial charge in [-0.25, -0.2) is 0 Å². The van der Waals surface area contributed by atoms with E-state index in [9.17, 15) is 4.79 Å². The molecule has 5 heteroatoms. The van der Waals surface area contributed by atoms with Crippen LogP contribution in [0.5, 0.6) is 0 Å². The molecule has 0 aliphatic heterocycles. The summed E-state index contributed by atoms with van der Waals surface area (Å²) in [5.41, 5.74) is 1.95. The lowest BCUT2D eigenvalue weighted by atomic mass is 10.1. The topological polar surface area (TPSA) is 34.9 Å². The number of nitrogens with zero attached hydrogens (tertiary/aromatic N) is 2. The van der Waals surface area contributed by atoms with Crippen LogP contribution in [0.25, 0.3) is 10.9 Å². The minimum Gasteiger partial charge on any atom is -0.293 e. The van der Waals surface area contributed by atoms with Crippen LogP contribution in [0.15, 0.2) is 40.2 Å². The van der Waals surface area contributed by atoms with E-state index in [0.717, 1.165) is 32.5 Å². The van der Waals surface area contributed by atoms with Crippen molar-refractivity contribution < 1.29 is 4.79 Å². The number of fused-ring (bicyclic) bond motifs is 1. The molecule has 3 nitrogen and oxygen atoms in total. The van der Waals surface area contributed by atoms with E-state index in [1.165, 1.54) is 11.3 Å². The molecular formula is C15H13BrN2OS. The Morgan fingerprint density at radius 3 is 2.90 bits per heavy atom. The number of halogens is 1. The van der Waals surface area contributed by atoms with E-state index < -0.39 is 0 Å². The summed E-state index contributed by atoms with van der Waals surface area (Å²) in [6.45, 7) is 2.86. The van der Waals surface area contributed by atoms with E-state index in [4.69, 9.17) is 0 Å². The van der Waals surface area contributed by atoms with Crippen LogP contribution in [0.4, 0.5) is 0 Å². The molecule has 2 heterocycles. The van der Waals surface area contributed by atoms with Crippen molar-refractivity contribution in [2.45, 2.75) is 19.9 Å². The van der Waals surface area contributed by atoms with Crippen molar-refractivity contribution in [3.8, 4) is 0 Å². The van der Waals surface area contributed by atoms with E-state index in [-0.39, 0.29) is 5.78 Å². The van der Waals surface area contributed by atoms with Crippen molar-refractivity contribution in [3.63, 3.8) is 0 Å². The minimum absolute atomic E-state index is 0.118. The molecule has 0 fully saturated rings. The third-order valence-electron chi connectivity index (χ3n) is 3.20. The zero-order chi connectivity index (χ0) is 14.1. The van der Waals surface area contributed by atoms with Crippen molar-refractivity contribution in [2.75, 3.05) is 0 Å². The Morgan fingerprint density at radius 1 is 1.40 bits per heavy atom. The highest BCUT2D eigenvalue weighted by molar-refractivity contribution is 9.10. The van der Waals surface area contributed by atoms with Gasteiger partial charge in [0, 0.05) is 21.8 Å². The number of ketones is 1. The number of hydrogen-bond donors (Lipinski definition) is 0. The predicted octanol–water partition coefficient (Wildman–Crippen LogP) is 4.31. The molecule has 0 saturated carbocycles. The first-order chi connectivity index (χ1) is 9.69. The summed E-state index contributed by atoms with van der Waals surface area (Å²) in [6, 6.07) is 9.92. The fourth-order valence-electron chi connectivity index (χ4n) is 2.27. The zero-order valence-corrected chi connectivity index (χ0v) is 13.4. The van der Waals surface area contributed by atoms with Gasteiger partial charge in [-0.15, -0.1) is 11.3 Å². The Hall–Kier alpha value is -1.46. The Morgan fingerprint density at radius 2 is 2.20 bits per heavy atom. The smallest absolute Gasteiger partial charge is 0.178 e. The number of carbonyl (C=O) groups is 1. The first-order valence-corrected chi connectivity index (χ1v) is 8.08. The van der Waals surface area contributed by atoms with Crippen LogP contribution >= 0.6 is 27.3 Å². The number of aryl methyl sites for hydroxylation is 1. The first kappa shape index (κ1) is 13.5. The number of carbonyl (C=O) groups excluding carboxylic acids is 1. The molecule has 0 atom stereocenters. The number of thiophene rings is 1. The van der Waals surface area contributed by atoms with Gasteiger partial charge >= 0.3 is 0 Å². The van der Waals surface area contributed by atoms with Gasteiger partial charge in [0.25, 0.3) is 0 Å². The van der Waals surface area contributed by atoms with E-state index in [1.54, 1.807) is 0 Å². The van der Waals surface area contributed by atoms with Gasteiger partial charge in [0.05, 0.1) is 22.5 Å². The van der Waals surface area contributed by atoms with Crippen molar-refractivity contribution in [1.29, 1.82) is 0 Å². The van der Waals surface area contributed by atoms with Crippen LogP contribution in [0, 0.1) is 0 Å². The zero-order valence-electron chi connectivity index (χ0n) is 11.0. The Labute approximate surface area is 129 Å². The Balaban J connectivity index is 1.97. The molecule has 3 rings (SSSR count). The lowest BCUT2D eigenvalue weighted by Crippen LogP contribution is -2.03. The molecule has 0 radical (unpaired) electrons. The molecule has 2 aromatic heterocycles. The van der Waals surface area contributed by atoms with Gasteiger partial charge in [-0.1, -0.05) is 18.2 Å². The highest BCUT2D eigenvalue weighted by atomic mass is 79.9. The molecule has 102 valence electrons. The molecule has 3 aromatic rings. The normalized spacial score (nSPS) is 11.1. The second-order valence-electron chi connectivity index (χ2n) is 4.51. The van der Waals surface area contributed by atoms with Gasteiger partial charge in [0.1, 0.15) is 0 Å². The molecule has 0 unspecified atom stereocenters. The van der Waals surface area contributed by atoms with Crippen molar-refractivity contribution in [2.24, 2.45) is 0 Å². The largest absolute Gasteiger partial charge is 0.293 e. The van der Waals surface area contributed by atoms with Crippen LogP contribution in [-0.2, 0) is 13.0 Å². The number of Topliss-reactive ketones (excluding diaryl/α,β-unsaturated/α-hetero) is 1. The molecule has 20 heavy (non-hydrogen) atoms. The number of rotatable bonds is 4. The SMILES string of the molecule is CCn1nc(CC(=O)c2cc(Br)cs2)c2ccccc21. The number of aromatic nitrogens is 2. The monoisotopic (exact) mass is 348 g/mol. The fourth-order valence-corrected chi connectivity index (χ4v) is 3.63. The molecule has 0 saturated heterocycles. The predicted molar refractivity (Wildman–Crippen MR) is 85.5 cm³/mol. The van der Waals surface area contributed by atoms with Crippen LogP contribution in [0.1, 0.15) is 22.3 Å². The number of para-hydroxylation sites is 1. The van der Waals surface area contributed by atoms with Crippen molar-refractivity contribution in [1.82, 2.24) is 9.78 Å². The maximum atomic E-state index is 12.3. The number of benzene rings is 1. The highest BCUT2D eigenvalue weighted by Crippen LogP contribution is 2.24. The molecule has 0 N–H and O–H groups in total. The van der Waals surface area contributed by atoms with Gasteiger partial charge < -0.3 is 0 Å². The maximum Gasteiger partial charge on any atom is 0.178 e. The molecule has 0 bridgehead atoms. The lowest BCUT2D eigenvalue weighted by molar-refractivity contribution is 0.0996. The molecular weight excluding hydrogens is 336 g/mol. The van der Waals surface area contributed by atoms with Gasteiger partial charge in [-0.2, -0.15) is 5.10 Å². The fraction of sp³-hybridized carbons (Fsp3) is 0.200. The summed E-state index contributed by atoms with van der Waals surface area (Å²) in [5, 5.41) is 7.56. The molecule has 1 aromatic carbocycles. The van der Waals surface area contributed by atoms with Crippen molar-refractivity contribution in [3.05, 3.63) is 50.8 Å². The molecule has 0 aliphatic rings. The van der Waals surface area contributed by atoms with Gasteiger partial charge in [0.2, 0.25) is 0 Å². The third-order valence-corrected chi connectivity index (χ3v) is 4.94.